The van der Waals surface area contributed by atoms with Crippen molar-refractivity contribution < 1.29 is 0 Å². The van der Waals surface area contributed by atoms with Crippen LogP contribution in [0.4, 0.5) is 0 Å². The average molecular weight is 235 g/mol. The summed E-state index contributed by atoms with van der Waals surface area (Å²) in [6.07, 6.45) is 2.34. The van der Waals surface area contributed by atoms with Crippen LogP contribution in [0.5, 0.6) is 0 Å². The lowest BCUT2D eigenvalue weighted by molar-refractivity contribution is 0.626. The van der Waals surface area contributed by atoms with E-state index in [0.29, 0.717) is 10.9 Å². The van der Waals surface area contributed by atoms with Crippen molar-refractivity contribution >= 4 is 17.2 Å². The van der Waals surface area contributed by atoms with Crippen molar-refractivity contribution in [2.45, 2.75) is 39.5 Å². The molecule has 0 saturated carbocycles. The van der Waals surface area contributed by atoms with Crippen LogP contribution in [0.3, 0.4) is 0 Å². The molecular weight excluding hydrogens is 214 g/mol. The molecule has 1 aromatic rings. The summed E-state index contributed by atoms with van der Waals surface area (Å²) in [5.74, 6) is 0.653. The molecule has 0 saturated heterocycles. The van der Waals surface area contributed by atoms with Gasteiger partial charge in [0.2, 0.25) is 0 Å². The Kier molecular flexibility index (Phi) is 4.94. The molecule has 0 radical (unpaired) electrons. The van der Waals surface area contributed by atoms with Crippen molar-refractivity contribution in [2.75, 3.05) is 0 Å². The SMILES string of the molecule is CCCc1ccc(C(C)C(C)C(N)=S)cc1. The quantitative estimate of drug-likeness (QED) is 0.788. The molecule has 16 heavy (non-hydrogen) atoms. The molecule has 0 aliphatic rings. The predicted octanol–water partition coefficient (Wildman–Crippen LogP) is 3.66. The van der Waals surface area contributed by atoms with E-state index >= 15 is 0 Å². The minimum Gasteiger partial charge on any atom is -0.393 e. The monoisotopic (exact) mass is 235 g/mol. The molecule has 0 amide bonds. The highest BCUT2D eigenvalue weighted by atomic mass is 32.1. The molecule has 88 valence electrons. The summed E-state index contributed by atoms with van der Waals surface area (Å²) in [6.45, 7) is 6.47. The van der Waals surface area contributed by atoms with E-state index in [2.05, 4.69) is 45.0 Å². The highest BCUT2D eigenvalue weighted by Crippen LogP contribution is 2.24. The molecule has 1 aromatic carbocycles. The first-order valence-electron chi connectivity index (χ1n) is 5.94. The van der Waals surface area contributed by atoms with Gasteiger partial charge in [-0.05, 0) is 23.5 Å². The van der Waals surface area contributed by atoms with Crippen LogP contribution in [0.15, 0.2) is 24.3 Å². The number of benzene rings is 1. The van der Waals surface area contributed by atoms with E-state index in [9.17, 15) is 0 Å². The average Bonchev–Trinajstić information content (AvgIpc) is 2.28. The van der Waals surface area contributed by atoms with Gasteiger partial charge in [0.05, 0.1) is 4.99 Å². The maximum absolute atomic E-state index is 5.68. The Morgan fingerprint density at radius 1 is 1.25 bits per heavy atom. The van der Waals surface area contributed by atoms with Crippen molar-refractivity contribution in [1.82, 2.24) is 0 Å². The largest absolute Gasteiger partial charge is 0.393 e. The second kappa shape index (κ2) is 6.00. The van der Waals surface area contributed by atoms with E-state index in [-0.39, 0.29) is 5.92 Å². The second-order valence-corrected chi connectivity index (χ2v) is 4.94. The zero-order valence-corrected chi connectivity index (χ0v) is 11.2. The molecule has 2 unspecified atom stereocenters. The van der Waals surface area contributed by atoms with Crippen LogP contribution in [0.25, 0.3) is 0 Å². The van der Waals surface area contributed by atoms with Crippen molar-refractivity contribution in [3.8, 4) is 0 Å². The number of hydrogen-bond acceptors (Lipinski definition) is 1. The molecule has 0 aliphatic heterocycles. The Balaban J connectivity index is 2.77. The maximum atomic E-state index is 5.68. The summed E-state index contributed by atoms with van der Waals surface area (Å²) in [7, 11) is 0. The van der Waals surface area contributed by atoms with E-state index in [1.807, 2.05) is 0 Å². The van der Waals surface area contributed by atoms with Crippen LogP contribution in [0, 0.1) is 5.92 Å². The van der Waals surface area contributed by atoms with Crippen LogP contribution in [0.2, 0.25) is 0 Å². The molecule has 1 rings (SSSR count). The first kappa shape index (κ1) is 13.2. The minimum atomic E-state index is 0.257. The fourth-order valence-electron chi connectivity index (χ4n) is 1.81. The predicted molar refractivity (Wildman–Crippen MR) is 74.8 cm³/mol. The number of nitrogens with two attached hydrogens (primary N) is 1. The fraction of sp³-hybridized carbons (Fsp3) is 0.500. The molecule has 0 spiro atoms. The van der Waals surface area contributed by atoms with Crippen molar-refractivity contribution in [1.29, 1.82) is 0 Å². The van der Waals surface area contributed by atoms with Gasteiger partial charge in [-0.2, -0.15) is 0 Å². The van der Waals surface area contributed by atoms with Gasteiger partial charge in [0.15, 0.2) is 0 Å². The Hall–Kier alpha value is -0.890. The van der Waals surface area contributed by atoms with Crippen LogP contribution < -0.4 is 5.73 Å². The Morgan fingerprint density at radius 2 is 1.81 bits per heavy atom. The molecule has 0 bridgehead atoms. The van der Waals surface area contributed by atoms with Gasteiger partial charge in [-0.15, -0.1) is 0 Å². The standard InChI is InChI=1S/C14H21NS/c1-4-5-12-6-8-13(9-7-12)10(2)11(3)14(15)16/h6-11H,4-5H2,1-3H3,(H2,15,16). The molecule has 0 aromatic heterocycles. The molecule has 2 N–H and O–H groups in total. The van der Waals surface area contributed by atoms with Gasteiger partial charge in [0, 0.05) is 5.92 Å². The van der Waals surface area contributed by atoms with Crippen molar-refractivity contribution in [3.63, 3.8) is 0 Å². The Bertz CT molecular complexity index is 342. The van der Waals surface area contributed by atoms with Crippen LogP contribution >= 0.6 is 12.2 Å². The number of thiocarbonyl (C=S) groups is 1. The minimum absolute atomic E-state index is 0.257. The summed E-state index contributed by atoms with van der Waals surface area (Å²) in [4.78, 5) is 0.602. The molecule has 0 fully saturated rings. The number of rotatable bonds is 5. The number of hydrogen-bond donors (Lipinski definition) is 1. The molecule has 0 heterocycles. The third kappa shape index (κ3) is 3.31. The van der Waals surface area contributed by atoms with E-state index in [0.717, 1.165) is 6.42 Å². The molecule has 1 nitrogen and oxygen atoms in total. The molecule has 2 atom stereocenters. The van der Waals surface area contributed by atoms with E-state index in [1.165, 1.54) is 17.5 Å². The fourth-order valence-corrected chi connectivity index (χ4v) is 2.02. The van der Waals surface area contributed by atoms with Gasteiger partial charge >= 0.3 is 0 Å². The van der Waals surface area contributed by atoms with E-state index < -0.39 is 0 Å². The Morgan fingerprint density at radius 3 is 2.25 bits per heavy atom. The summed E-state index contributed by atoms with van der Waals surface area (Å²) < 4.78 is 0. The highest BCUT2D eigenvalue weighted by Gasteiger charge is 2.16. The summed E-state index contributed by atoms with van der Waals surface area (Å²) in [6, 6.07) is 8.82. The third-order valence-electron chi connectivity index (χ3n) is 3.24. The second-order valence-electron chi connectivity index (χ2n) is 4.47. The lowest BCUT2D eigenvalue weighted by Gasteiger charge is -2.19. The zero-order chi connectivity index (χ0) is 12.1. The normalized spacial score (nSPS) is 14.4. The summed E-state index contributed by atoms with van der Waals surface area (Å²) in [5, 5.41) is 0. The highest BCUT2D eigenvalue weighted by molar-refractivity contribution is 7.80. The maximum Gasteiger partial charge on any atom is 0.0761 e. The lowest BCUT2D eigenvalue weighted by atomic mass is 9.88. The van der Waals surface area contributed by atoms with Gasteiger partial charge in [-0.1, -0.05) is 63.7 Å². The smallest absolute Gasteiger partial charge is 0.0761 e. The van der Waals surface area contributed by atoms with Gasteiger partial charge in [-0.3, -0.25) is 0 Å². The topological polar surface area (TPSA) is 26.0 Å². The third-order valence-corrected chi connectivity index (χ3v) is 3.61. The van der Waals surface area contributed by atoms with Crippen LogP contribution in [0.1, 0.15) is 44.2 Å². The number of aryl methyl sites for hydroxylation is 1. The van der Waals surface area contributed by atoms with Crippen molar-refractivity contribution in [3.05, 3.63) is 35.4 Å². The summed E-state index contributed by atoms with van der Waals surface area (Å²) >= 11 is 5.04. The van der Waals surface area contributed by atoms with Crippen molar-refractivity contribution in [2.24, 2.45) is 11.7 Å². The van der Waals surface area contributed by atoms with E-state index in [1.54, 1.807) is 0 Å². The molecule has 0 aliphatic carbocycles. The van der Waals surface area contributed by atoms with Crippen LogP contribution in [-0.4, -0.2) is 4.99 Å². The summed E-state index contributed by atoms with van der Waals surface area (Å²) in [5.41, 5.74) is 8.41. The Labute approximate surface area is 104 Å². The van der Waals surface area contributed by atoms with Gasteiger partial charge in [0.25, 0.3) is 0 Å². The zero-order valence-electron chi connectivity index (χ0n) is 10.4. The van der Waals surface area contributed by atoms with Gasteiger partial charge in [0.1, 0.15) is 0 Å². The first-order chi connectivity index (χ1) is 7.56. The van der Waals surface area contributed by atoms with Crippen LogP contribution in [-0.2, 0) is 6.42 Å². The first-order valence-corrected chi connectivity index (χ1v) is 6.35. The molecular formula is C14H21NS. The van der Waals surface area contributed by atoms with E-state index in [4.69, 9.17) is 18.0 Å². The van der Waals surface area contributed by atoms with Gasteiger partial charge < -0.3 is 5.73 Å². The van der Waals surface area contributed by atoms with Gasteiger partial charge in [-0.25, -0.2) is 0 Å². The lowest BCUT2D eigenvalue weighted by Crippen LogP contribution is -2.23. The molecule has 2 heteroatoms.